The molecule has 0 saturated heterocycles. The Morgan fingerprint density at radius 3 is 1.31 bits per heavy atom. The van der Waals surface area contributed by atoms with Gasteiger partial charge in [0.2, 0.25) is 0 Å². The molecule has 1 nitrogen and oxygen atoms in total. The standard InChI is InChI=1S/C12H10.C9H13.C6H7Si.C4H10N.CH3.Zr/c1-3-7-11(8-4-1)12-9-5-2-6-10-12;1-6-5-7(2)9(4)8(6)3;7-6-4-2-1-3-5-6;1-3-4(2)5;;/h1-10H;6H,1-4H3;1-5H,7H2;4-5H,3H2,1-2H3;1H3;/q;-1;;2*-1;+3. The van der Waals surface area contributed by atoms with Crippen LogP contribution in [0.2, 0.25) is 0 Å². The van der Waals surface area contributed by atoms with E-state index in [0.717, 1.165) is 6.42 Å². The topological polar surface area (TPSA) is 23.8 Å². The fourth-order valence-electron chi connectivity index (χ4n) is 2.90. The average Bonchev–Trinajstić information content (AvgIpc) is 3.07. The maximum atomic E-state index is 6.83. The van der Waals surface area contributed by atoms with Crippen molar-refractivity contribution in [3.05, 3.63) is 127 Å². The molecule has 0 amide bonds. The van der Waals surface area contributed by atoms with Crippen molar-refractivity contribution in [3.63, 3.8) is 0 Å². The van der Waals surface area contributed by atoms with Crippen LogP contribution >= 0.6 is 0 Å². The van der Waals surface area contributed by atoms with E-state index in [2.05, 4.69) is 94.4 Å². The number of hydrogen-bond donors (Lipinski definition) is 0. The van der Waals surface area contributed by atoms with Crippen molar-refractivity contribution in [1.82, 2.24) is 0 Å². The predicted molar refractivity (Wildman–Crippen MR) is 157 cm³/mol. The van der Waals surface area contributed by atoms with Crippen LogP contribution in [0.15, 0.2) is 108 Å². The zero-order valence-corrected chi connectivity index (χ0v) is 26.6. The number of benzene rings is 3. The molecular formula is C32H43NSiZr. The van der Waals surface area contributed by atoms with Crippen molar-refractivity contribution < 1.29 is 26.2 Å². The van der Waals surface area contributed by atoms with Crippen molar-refractivity contribution in [2.24, 2.45) is 5.92 Å². The van der Waals surface area contributed by atoms with Gasteiger partial charge in [-0.15, -0.1) is 13.0 Å². The van der Waals surface area contributed by atoms with Crippen LogP contribution in [-0.4, -0.2) is 16.3 Å². The van der Waals surface area contributed by atoms with E-state index in [9.17, 15) is 0 Å². The molecule has 1 aliphatic carbocycles. The number of hydrogen-bond acceptors (Lipinski definition) is 0. The molecule has 0 aliphatic heterocycles. The second kappa shape index (κ2) is 20.4. The van der Waals surface area contributed by atoms with Gasteiger partial charge in [-0.2, -0.15) is 11.1 Å². The molecule has 0 aromatic heterocycles. The second-order valence-electron chi connectivity index (χ2n) is 8.33. The fraction of sp³-hybridized carbons (Fsp3) is 0.281. The first-order chi connectivity index (χ1) is 15.8. The molecule has 1 N–H and O–H groups in total. The van der Waals surface area contributed by atoms with E-state index in [-0.39, 0.29) is 39.7 Å². The molecule has 2 radical (unpaired) electrons. The molecule has 0 saturated carbocycles. The third kappa shape index (κ3) is 15.0. The molecule has 4 rings (SSSR count). The zero-order valence-electron chi connectivity index (χ0n) is 22.7. The predicted octanol–water partition coefficient (Wildman–Crippen LogP) is 8.31. The van der Waals surface area contributed by atoms with Crippen LogP contribution in [0.5, 0.6) is 0 Å². The van der Waals surface area contributed by atoms with Crippen LogP contribution in [0.25, 0.3) is 16.9 Å². The molecule has 0 bridgehead atoms. The first kappa shape index (κ1) is 35.4. The Bertz CT molecular complexity index is 927. The first-order valence-electron chi connectivity index (χ1n) is 11.7. The van der Waals surface area contributed by atoms with Crippen molar-refractivity contribution >= 4 is 15.4 Å². The molecule has 3 aromatic carbocycles. The molecule has 2 atom stereocenters. The van der Waals surface area contributed by atoms with Crippen molar-refractivity contribution in [1.29, 1.82) is 0 Å². The van der Waals surface area contributed by atoms with Crippen LogP contribution in [0.3, 0.4) is 0 Å². The molecule has 3 heteroatoms. The van der Waals surface area contributed by atoms with E-state index in [1.807, 2.05) is 54.4 Å². The van der Waals surface area contributed by atoms with Gasteiger partial charge in [-0.3, -0.25) is 6.08 Å². The van der Waals surface area contributed by atoms with Gasteiger partial charge in [0.05, 0.1) is 0 Å². The molecule has 35 heavy (non-hydrogen) atoms. The maximum Gasteiger partial charge on any atom is 3.00 e. The normalized spacial score (nSPS) is 14.2. The van der Waals surface area contributed by atoms with Gasteiger partial charge in [-0.05, 0) is 11.1 Å². The van der Waals surface area contributed by atoms with Gasteiger partial charge in [0.1, 0.15) is 0 Å². The quantitative estimate of drug-likeness (QED) is 0.222. The van der Waals surface area contributed by atoms with Crippen LogP contribution in [0, 0.1) is 19.4 Å². The number of rotatable bonds is 2. The monoisotopic (exact) mass is 559 g/mol. The Morgan fingerprint density at radius 2 is 1.14 bits per heavy atom. The summed E-state index contributed by atoms with van der Waals surface area (Å²) in [5, 5.41) is 1.35. The maximum absolute atomic E-state index is 6.83. The largest absolute Gasteiger partial charge is 3.00 e. The third-order valence-corrected chi connectivity index (χ3v) is 6.04. The van der Waals surface area contributed by atoms with Gasteiger partial charge in [0, 0.05) is 10.2 Å². The number of allylic oxidation sites excluding steroid dienone is 4. The summed E-state index contributed by atoms with van der Waals surface area (Å²) in [6.45, 7) is 12.6. The van der Waals surface area contributed by atoms with Crippen molar-refractivity contribution in [3.8, 4) is 11.1 Å². The van der Waals surface area contributed by atoms with E-state index in [1.165, 1.54) is 33.0 Å². The van der Waals surface area contributed by atoms with Crippen molar-refractivity contribution in [2.45, 2.75) is 54.0 Å². The summed E-state index contributed by atoms with van der Waals surface area (Å²) in [5.41, 5.74) is 13.6. The molecule has 2 unspecified atom stereocenters. The van der Waals surface area contributed by atoms with Gasteiger partial charge in [-0.1, -0.05) is 143 Å². The second-order valence-corrected chi connectivity index (χ2v) is 9.14. The minimum atomic E-state index is 0. The summed E-state index contributed by atoms with van der Waals surface area (Å²) >= 11 is 0. The molecular weight excluding hydrogens is 518 g/mol. The Labute approximate surface area is 238 Å². The van der Waals surface area contributed by atoms with Gasteiger partial charge >= 0.3 is 26.2 Å². The molecule has 0 spiro atoms. The minimum Gasteiger partial charge on any atom is -0.675 e. The molecule has 0 heterocycles. The SMILES string of the molecule is CC1=[C-]C(C)C(C)=C1C.CCC(C)[NH-].[CH3-].[SiH2]c1ccccc1.[Zr+3].c1ccc(-c2ccccc2)cc1. The summed E-state index contributed by atoms with van der Waals surface area (Å²) in [7, 11) is 1.90. The van der Waals surface area contributed by atoms with Crippen LogP contribution < -0.4 is 5.19 Å². The molecule has 3 aromatic rings. The average molecular weight is 561 g/mol. The van der Waals surface area contributed by atoms with Crippen LogP contribution in [0.1, 0.15) is 48.0 Å². The molecule has 0 fully saturated rings. The summed E-state index contributed by atoms with van der Waals surface area (Å²) in [5.74, 6) is 0.560. The van der Waals surface area contributed by atoms with Gasteiger partial charge in [0.25, 0.3) is 0 Å². The van der Waals surface area contributed by atoms with Gasteiger partial charge in [0.15, 0.2) is 0 Å². The Hall–Kier alpha value is -1.80. The summed E-state index contributed by atoms with van der Waals surface area (Å²) in [6.07, 6.45) is 4.33. The van der Waals surface area contributed by atoms with E-state index in [0.29, 0.717) is 5.92 Å². The summed E-state index contributed by atoms with van der Waals surface area (Å²) in [6, 6.07) is 31.2. The summed E-state index contributed by atoms with van der Waals surface area (Å²) < 4.78 is 0. The number of nitrogens with one attached hydrogen (secondary N) is 1. The Balaban J connectivity index is 0. The fourth-order valence-corrected chi connectivity index (χ4v) is 3.17. The van der Waals surface area contributed by atoms with E-state index in [4.69, 9.17) is 5.73 Å². The molecule has 184 valence electrons. The van der Waals surface area contributed by atoms with E-state index < -0.39 is 0 Å². The van der Waals surface area contributed by atoms with Gasteiger partial charge in [-0.25, -0.2) is 5.57 Å². The zero-order chi connectivity index (χ0) is 24.6. The smallest absolute Gasteiger partial charge is 0.675 e. The van der Waals surface area contributed by atoms with E-state index in [1.54, 1.807) is 0 Å². The summed E-state index contributed by atoms with van der Waals surface area (Å²) in [4.78, 5) is 0. The van der Waals surface area contributed by atoms with Crippen LogP contribution in [-0.2, 0) is 26.2 Å². The van der Waals surface area contributed by atoms with Crippen LogP contribution in [0.4, 0.5) is 0 Å². The Morgan fingerprint density at radius 1 is 0.800 bits per heavy atom. The minimum absolute atomic E-state index is 0. The molecule has 1 aliphatic rings. The Kier molecular flexibility index (Phi) is 20.6. The van der Waals surface area contributed by atoms with E-state index >= 15 is 0 Å². The third-order valence-electron chi connectivity index (χ3n) is 5.57. The van der Waals surface area contributed by atoms with Crippen molar-refractivity contribution in [2.75, 3.05) is 0 Å². The first-order valence-corrected chi connectivity index (χ1v) is 12.4. The van der Waals surface area contributed by atoms with Gasteiger partial charge < -0.3 is 13.2 Å².